The molecule has 2 aliphatic rings. The van der Waals surface area contributed by atoms with E-state index in [9.17, 15) is 8.42 Å². The average molecular weight is 404 g/mol. The van der Waals surface area contributed by atoms with E-state index in [2.05, 4.69) is 4.90 Å². The molecule has 2 heterocycles. The summed E-state index contributed by atoms with van der Waals surface area (Å²) >= 11 is 0. The topological polar surface area (TPSA) is 68.3 Å². The minimum atomic E-state index is -3.65. The summed E-state index contributed by atoms with van der Waals surface area (Å²) in [5, 5.41) is 0. The Balaban J connectivity index is 1.55. The summed E-state index contributed by atoms with van der Waals surface area (Å²) in [7, 11) is -3.65. The fourth-order valence-corrected chi connectivity index (χ4v) is 4.96. The lowest BCUT2D eigenvalue weighted by molar-refractivity contribution is -0.0638. The summed E-state index contributed by atoms with van der Waals surface area (Å²) in [4.78, 5) is 2.42. The van der Waals surface area contributed by atoms with Crippen LogP contribution in [0.1, 0.15) is 0 Å². The Morgan fingerprint density at radius 1 is 1.00 bits per heavy atom. The minimum absolute atomic E-state index is 0.173. The highest BCUT2D eigenvalue weighted by Crippen LogP contribution is 2.25. The highest BCUT2D eigenvalue weighted by molar-refractivity contribution is 7.89. The molecule has 2 saturated heterocycles. The molecule has 0 spiro atoms. The average Bonchev–Trinajstić information content (AvgIpc) is 3.27. The number of anilines is 1. The summed E-state index contributed by atoms with van der Waals surface area (Å²) in [5.41, 5.74) is 1.05. The molecular weight excluding hydrogens is 380 g/mol. The lowest BCUT2D eigenvalue weighted by atomic mass is 10.2. The van der Waals surface area contributed by atoms with Crippen molar-refractivity contribution in [2.24, 2.45) is 0 Å². The second-order valence-electron chi connectivity index (χ2n) is 6.78. The second-order valence-corrected chi connectivity index (χ2v) is 8.67. The molecule has 2 atom stereocenters. The Morgan fingerprint density at radius 3 is 2.39 bits per heavy atom. The van der Waals surface area contributed by atoms with Crippen molar-refractivity contribution in [3.05, 3.63) is 60.7 Å². The van der Waals surface area contributed by atoms with Crippen LogP contribution in [0.4, 0.5) is 5.69 Å². The zero-order valence-corrected chi connectivity index (χ0v) is 16.3. The van der Waals surface area contributed by atoms with Crippen LogP contribution in [0.15, 0.2) is 65.6 Å². The lowest BCUT2D eigenvalue weighted by Gasteiger charge is -2.41. The van der Waals surface area contributed by atoms with Crippen molar-refractivity contribution in [2.45, 2.75) is 17.2 Å². The molecule has 2 aliphatic heterocycles. The number of benzene rings is 2. The van der Waals surface area contributed by atoms with Gasteiger partial charge in [-0.15, -0.1) is 0 Å². The van der Waals surface area contributed by atoms with Crippen LogP contribution in [0.3, 0.4) is 0 Å². The van der Waals surface area contributed by atoms with Crippen LogP contribution in [0.25, 0.3) is 0 Å². The number of hydrogen-bond acceptors (Lipinski definition) is 6. The van der Waals surface area contributed by atoms with Crippen molar-refractivity contribution in [1.82, 2.24) is 4.31 Å². The van der Waals surface area contributed by atoms with E-state index in [4.69, 9.17) is 14.2 Å². The van der Waals surface area contributed by atoms with E-state index < -0.39 is 16.3 Å². The van der Waals surface area contributed by atoms with Crippen LogP contribution >= 0.6 is 0 Å². The molecule has 2 unspecified atom stereocenters. The Kier molecular flexibility index (Phi) is 5.93. The van der Waals surface area contributed by atoms with Gasteiger partial charge in [0.2, 0.25) is 10.0 Å². The molecule has 0 N–H and O–H groups in total. The zero-order valence-electron chi connectivity index (χ0n) is 15.5. The van der Waals surface area contributed by atoms with Crippen molar-refractivity contribution >= 4 is 15.7 Å². The Labute approximate surface area is 165 Å². The van der Waals surface area contributed by atoms with Crippen LogP contribution in [0.2, 0.25) is 0 Å². The molecule has 150 valence electrons. The quantitative estimate of drug-likeness (QED) is 0.733. The first-order valence-corrected chi connectivity index (χ1v) is 10.8. The largest absolute Gasteiger partial charge is 0.366 e. The molecule has 0 bridgehead atoms. The molecule has 0 saturated carbocycles. The Bertz CT molecular complexity index is 857. The number of ether oxygens (including phenoxy) is 3. The summed E-state index contributed by atoms with van der Waals surface area (Å²) in [6, 6.07) is 18.4. The SMILES string of the molecule is O=S(=O)(c1ccccc1)N1CCN(c2ccccc2)CC1OCC1COCO1. The summed E-state index contributed by atoms with van der Waals surface area (Å²) in [6.45, 7) is 2.39. The third-order valence-electron chi connectivity index (χ3n) is 4.92. The van der Waals surface area contributed by atoms with Crippen molar-refractivity contribution < 1.29 is 22.6 Å². The highest BCUT2D eigenvalue weighted by Gasteiger charge is 2.37. The van der Waals surface area contributed by atoms with Gasteiger partial charge in [0.1, 0.15) is 19.1 Å². The summed E-state index contributed by atoms with van der Waals surface area (Å²) in [5.74, 6) is 0. The van der Waals surface area contributed by atoms with Crippen molar-refractivity contribution in [1.29, 1.82) is 0 Å². The van der Waals surface area contributed by atoms with Gasteiger partial charge in [-0.2, -0.15) is 4.31 Å². The first kappa shape index (κ1) is 19.4. The molecule has 28 heavy (non-hydrogen) atoms. The maximum atomic E-state index is 13.2. The van der Waals surface area contributed by atoms with Crippen molar-refractivity contribution in [2.75, 3.05) is 44.5 Å². The molecule has 0 aliphatic carbocycles. The molecule has 0 radical (unpaired) electrons. The first-order valence-electron chi connectivity index (χ1n) is 9.32. The van der Waals surface area contributed by atoms with E-state index in [0.717, 1.165) is 5.69 Å². The van der Waals surface area contributed by atoms with Crippen LogP contribution in [-0.2, 0) is 24.2 Å². The van der Waals surface area contributed by atoms with Gasteiger partial charge in [-0.25, -0.2) is 8.42 Å². The fourth-order valence-electron chi connectivity index (χ4n) is 3.43. The normalized spacial score (nSPS) is 23.8. The van der Waals surface area contributed by atoms with Gasteiger partial charge in [0, 0.05) is 18.8 Å². The van der Waals surface area contributed by atoms with Gasteiger partial charge >= 0.3 is 0 Å². The van der Waals surface area contributed by atoms with Crippen molar-refractivity contribution in [3.8, 4) is 0 Å². The number of rotatable bonds is 6. The van der Waals surface area contributed by atoms with Gasteiger partial charge in [-0.05, 0) is 24.3 Å². The predicted octanol–water partition coefficient (Wildman–Crippen LogP) is 1.91. The number of hydrogen-bond donors (Lipinski definition) is 0. The minimum Gasteiger partial charge on any atom is -0.366 e. The fraction of sp³-hybridized carbons (Fsp3) is 0.400. The third kappa shape index (κ3) is 4.21. The zero-order chi connectivity index (χ0) is 19.4. The maximum Gasteiger partial charge on any atom is 0.245 e. The lowest BCUT2D eigenvalue weighted by Crippen LogP contribution is -2.56. The van der Waals surface area contributed by atoms with Gasteiger partial charge in [0.05, 0.1) is 24.7 Å². The number of para-hydroxylation sites is 1. The van der Waals surface area contributed by atoms with Gasteiger partial charge in [-0.3, -0.25) is 0 Å². The third-order valence-corrected chi connectivity index (χ3v) is 6.83. The van der Waals surface area contributed by atoms with Crippen LogP contribution in [0, 0.1) is 0 Å². The predicted molar refractivity (Wildman–Crippen MR) is 104 cm³/mol. The molecule has 0 amide bonds. The monoisotopic (exact) mass is 404 g/mol. The number of nitrogens with zero attached hydrogens (tertiary/aromatic N) is 2. The van der Waals surface area contributed by atoms with Gasteiger partial charge < -0.3 is 19.1 Å². The Morgan fingerprint density at radius 2 is 1.71 bits per heavy atom. The van der Waals surface area contributed by atoms with E-state index >= 15 is 0 Å². The molecule has 2 aromatic rings. The van der Waals surface area contributed by atoms with Gasteiger partial charge in [-0.1, -0.05) is 36.4 Å². The summed E-state index contributed by atoms with van der Waals surface area (Å²) < 4.78 is 44.6. The molecule has 0 aromatic heterocycles. The van der Waals surface area contributed by atoms with Gasteiger partial charge in [0.15, 0.2) is 0 Å². The molecule has 2 aromatic carbocycles. The molecular formula is C20H24N2O5S. The Hall–Kier alpha value is -1.97. The van der Waals surface area contributed by atoms with E-state index in [1.54, 1.807) is 30.3 Å². The number of piperazine rings is 1. The van der Waals surface area contributed by atoms with Crippen LogP contribution < -0.4 is 4.90 Å². The highest BCUT2D eigenvalue weighted by atomic mass is 32.2. The van der Waals surface area contributed by atoms with E-state index in [-0.39, 0.29) is 24.4 Å². The molecule has 8 heteroatoms. The molecule has 7 nitrogen and oxygen atoms in total. The summed E-state index contributed by atoms with van der Waals surface area (Å²) in [6.07, 6.45) is -0.781. The van der Waals surface area contributed by atoms with Gasteiger partial charge in [0.25, 0.3) is 0 Å². The molecule has 4 rings (SSSR count). The van der Waals surface area contributed by atoms with Crippen LogP contribution in [-0.4, -0.2) is 64.7 Å². The van der Waals surface area contributed by atoms with E-state index in [1.165, 1.54) is 4.31 Å². The first-order chi connectivity index (χ1) is 13.6. The van der Waals surface area contributed by atoms with E-state index in [1.807, 2.05) is 30.3 Å². The van der Waals surface area contributed by atoms with E-state index in [0.29, 0.717) is 26.2 Å². The van der Waals surface area contributed by atoms with Crippen LogP contribution in [0.5, 0.6) is 0 Å². The molecule has 2 fully saturated rings. The standard InChI is InChI=1S/C20H24N2O5S/c23-28(24,19-9-5-2-6-10-19)22-12-11-21(17-7-3-1-4-8-17)13-20(22)26-15-18-14-25-16-27-18/h1-10,18,20H,11-16H2. The second kappa shape index (κ2) is 8.59. The van der Waals surface area contributed by atoms with Crippen molar-refractivity contribution in [3.63, 3.8) is 0 Å². The maximum absolute atomic E-state index is 13.2. The smallest absolute Gasteiger partial charge is 0.245 e. The number of sulfonamides is 1.